The van der Waals surface area contributed by atoms with Crippen molar-refractivity contribution in [3.8, 4) is 18.1 Å². The molecule has 1 aromatic heterocycles. The lowest BCUT2D eigenvalue weighted by atomic mass is 10.2. The Hall–Kier alpha value is -1.82. The van der Waals surface area contributed by atoms with Gasteiger partial charge in [0.25, 0.3) is 0 Å². The van der Waals surface area contributed by atoms with E-state index in [4.69, 9.17) is 11.2 Å². The van der Waals surface area contributed by atoms with E-state index >= 15 is 0 Å². The van der Waals surface area contributed by atoms with E-state index in [1.165, 1.54) is 13.1 Å². The third-order valence-electron chi connectivity index (χ3n) is 1.19. The molecule has 0 radical (unpaired) electrons. The van der Waals surface area contributed by atoms with Gasteiger partial charge >= 0.3 is 5.97 Å². The molecule has 0 unspecified atom stereocenters. The van der Waals surface area contributed by atoms with Gasteiger partial charge in [0.1, 0.15) is 0 Å². The summed E-state index contributed by atoms with van der Waals surface area (Å²) in [6.07, 6.45) is 8.11. The zero-order chi connectivity index (χ0) is 8.97. The molecule has 0 aromatic carbocycles. The Balaban J connectivity index is 2.99. The third kappa shape index (κ3) is 1.83. The number of nitrogens with zero attached hydrogens (tertiary/aromatic N) is 1. The second-order valence-corrected chi connectivity index (χ2v) is 2.11. The van der Waals surface area contributed by atoms with Crippen LogP contribution >= 0.6 is 0 Å². The summed E-state index contributed by atoms with van der Waals surface area (Å²) in [4.78, 5) is 14.3. The van der Waals surface area contributed by atoms with Crippen LogP contribution in [0.25, 0.3) is 0 Å². The normalized spacial score (nSPS) is 8.67. The molecule has 3 nitrogen and oxygen atoms in total. The molecule has 0 atom stereocenters. The van der Waals surface area contributed by atoms with Gasteiger partial charge in [-0.05, 0) is 6.07 Å². The molecule has 3 heteroatoms. The minimum absolute atomic E-state index is 0.326. The van der Waals surface area contributed by atoms with Crippen LogP contribution in [0.15, 0.2) is 18.5 Å². The van der Waals surface area contributed by atoms with Gasteiger partial charge in [-0.3, -0.25) is 9.78 Å². The van der Waals surface area contributed by atoms with Gasteiger partial charge in [-0.2, -0.15) is 0 Å². The lowest BCUT2D eigenvalue weighted by molar-refractivity contribution is -0.131. The number of hydrogen-bond donors (Lipinski definition) is 0. The van der Waals surface area contributed by atoms with Crippen LogP contribution in [0.1, 0.15) is 12.5 Å². The molecule has 0 amide bonds. The standard InChI is InChI=1S/C9H7NO2/c1-3-8-4-5-10-6-9(8)12-7(2)11/h1,4-6H,2H3. The highest BCUT2D eigenvalue weighted by Crippen LogP contribution is 2.14. The second-order valence-electron chi connectivity index (χ2n) is 2.11. The van der Waals surface area contributed by atoms with E-state index in [2.05, 4.69) is 10.9 Å². The number of rotatable bonds is 1. The maximum atomic E-state index is 10.6. The molecule has 0 bridgehead atoms. The summed E-state index contributed by atoms with van der Waals surface area (Å²) < 4.78 is 4.79. The first kappa shape index (κ1) is 8.28. The molecule has 0 fully saturated rings. The molecule has 0 saturated carbocycles. The zero-order valence-electron chi connectivity index (χ0n) is 6.57. The smallest absolute Gasteiger partial charge is 0.308 e. The molecular weight excluding hydrogens is 154 g/mol. The van der Waals surface area contributed by atoms with Crippen LogP contribution in [-0.2, 0) is 4.79 Å². The van der Waals surface area contributed by atoms with Crippen LogP contribution < -0.4 is 4.74 Å². The van der Waals surface area contributed by atoms with Crippen LogP contribution in [0.5, 0.6) is 5.75 Å². The summed E-state index contributed by atoms with van der Waals surface area (Å²) in [5.41, 5.74) is 0.528. The highest BCUT2D eigenvalue weighted by atomic mass is 16.5. The van der Waals surface area contributed by atoms with Gasteiger partial charge in [0.15, 0.2) is 5.75 Å². The molecule has 0 saturated heterocycles. The van der Waals surface area contributed by atoms with Gasteiger partial charge in [-0.1, -0.05) is 5.92 Å². The monoisotopic (exact) mass is 161 g/mol. The largest absolute Gasteiger partial charge is 0.424 e. The lowest BCUT2D eigenvalue weighted by Gasteiger charge is -2.01. The summed E-state index contributed by atoms with van der Waals surface area (Å²) in [6, 6.07) is 1.61. The van der Waals surface area contributed by atoms with Gasteiger partial charge in [0.2, 0.25) is 0 Å². The van der Waals surface area contributed by atoms with E-state index in [1.54, 1.807) is 12.3 Å². The van der Waals surface area contributed by atoms with Crippen LogP contribution in [0, 0.1) is 12.3 Å². The van der Waals surface area contributed by atoms with Crippen molar-refractivity contribution in [3.63, 3.8) is 0 Å². The molecular formula is C9H7NO2. The van der Waals surface area contributed by atoms with Gasteiger partial charge in [0, 0.05) is 13.1 Å². The first-order valence-electron chi connectivity index (χ1n) is 3.33. The molecule has 0 aliphatic rings. The summed E-state index contributed by atoms with van der Waals surface area (Å²) in [5.74, 6) is 2.31. The van der Waals surface area contributed by atoms with Gasteiger partial charge < -0.3 is 4.74 Å². The van der Waals surface area contributed by atoms with Crippen molar-refractivity contribution in [2.45, 2.75) is 6.92 Å². The first-order valence-corrected chi connectivity index (χ1v) is 3.33. The number of hydrogen-bond acceptors (Lipinski definition) is 3. The van der Waals surface area contributed by atoms with Crippen LogP contribution in [0.4, 0.5) is 0 Å². The minimum Gasteiger partial charge on any atom is -0.424 e. The van der Waals surface area contributed by atoms with Crippen molar-refractivity contribution < 1.29 is 9.53 Å². The second kappa shape index (κ2) is 3.54. The highest BCUT2D eigenvalue weighted by molar-refractivity contribution is 5.70. The van der Waals surface area contributed by atoms with Crippen molar-refractivity contribution in [1.82, 2.24) is 4.98 Å². The molecule has 0 spiro atoms. The van der Waals surface area contributed by atoms with Gasteiger partial charge in [0.05, 0.1) is 11.8 Å². The third-order valence-corrected chi connectivity index (χ3v) is 1.19. The Bertz CT molecular complexity index is 339. The number of ether oxygens (including phenoxy) is 1. The van der Waals surface area contributed by atoms with E-state index in [0.717, 1.165) is 0 Å². The van der Waals surface area contributed by atoms with Crippen LogP contribution in [0.2, 0.25) is 0 Å². The average Bonchev–Trinajstić information content (AvgIpc) is 2.04. The number of carbonyl (C=O) groups excluding carboxylic acids is 1. The topological polar surface area (TPSA) is 39.2 Å². The zero-order valence-corrected chi connectivity index (χ0v) is 6.57. The van der Waals surface area contributed by atoms with E-state index < -0.39 is 5.97 Å². The maximum Gasteiger partial charge on any atom is 0.308 e. The fourth-order valence-corrected chi connectivity index (χ4v) is 0.735. The number of terminal acetylenes is 1. The van der Waals surface area contributed by atoms with Crippen molar-refractivity contribution in [2.75, 3.05) is 0 Å². The number of carbonyl (C=O) groups is 1. The van der Waals surface area contributed by atoms with Crippen LogP contribution in [-0.4, -0.2) is 11.0 Å². The molecule has 1 rings (SSSR count). The first-order chi connectivity index (χ1) is 5.74. The molecule has 1 heterocycles. The quantitative estimate of drug-likeness (QED) is 0.455. The molecule has 0 aliphatic carbocycles. The van der Waals surface area contributed by atoms with E-state index in [1.807, 2.05) is 0 Å². The summed E-state index contributed by atoms with van der Waals surface area (Å²) >= 11 is 0. The maximum absolute atomic E-state index is 10.6. The Labute approximate surface area is 70.4 Å². The summed E-state index contributed by atoms with van der Waals surface area (Å²) in [5, 5.41) is 0. The molecule has 60 valence electrons. The fourth-order valence-electron chi connectivity index (χ4n) is 0.735. The Morgan fingerprint density at radius 2 is 2.50 bits per heavy atom. The van der Waals surface area contributed by atoms with Crippen molar-refractivity contribution in [3.05, 3.63) is 24.0 Å². The SMILES string of the molecule is C#Cc1ccncc1OC(C)=O. The summed E-state index contributed by atoms with van der Waals surface area (Å²) in [6.45, 7) is 1.31. The average molecular weight is 161 g/mol. The number of aromatic nitrogens is 1. The van der Waals surface area contributed by atoms with Crippen LogP contribution in [0.3, 0.4) is 0 Å². The Morgan fingerprint density at radius 1 is 1.75 bits per heavy atom. The molecule has 0 aliphatic heterocycles. The number of pyridine rings is 1. The number of esters is 1. The highest BCUT2D eigenvalue weighted by Gasteiger charge is 2.02. The van der Waals surface area contributed by atoms with E-state index in [9.17, 15) is 4.79 Å². The van der Waals surface area contributed by atoms with E-state index in [-0.39, 0.29) is 0 Å². The minimum atomic E-state index is -0.403. The molecule has 0 N–H and O–H groups in total. The predicted octanol–water partition coefficient (Wildman–Crippen LogP) is 0.988. The van der Waals surface area contributed by atoms with Gasteiger partial charge in [-0.25, -0.2) is 0 Å². The Morgan fingerprint density at radius 3 is 3.08 bits per heavy atom. The fraction of sp³-hybridized carbons (Fsp3) is 0.111. The van der Waals surface area contributed by atoms with Crippen molar-refractivity contribution in [1.29, 1.82) is 0 Å². The molecule has 1 aromatic rings. The van der Waals surface area contributed by atoms with Gasteiger partial charge in [-0.15, -0.1) is 6.42 Å². The van der Waals surface area contributed by atoms with Crippen molar-refractivity contribution in [2.24, 2.45) is 0 Å². The molecule has 12 heavy (non-hydrogen) atoms. The van der Waals surface area contributed by atoms with E-state index in [0.29, 0.717) is 11.3 Å². The summed E-state index contributed by atoms with van der Waals surface area (Å²) in [7, 11) is 0. The van der Waals surface area contributed by atoms with Crippen molar-refractivity contribution >= 4 is 5.97 Å². The Kier molecular flexibility index (Phi) is 2.44. The predicted molar refractivity (Wildman–Crippen MR) is 43.5 cm³/mol. The lowest BCUT2D eigenvalue weighted by Crippen LogP contribution is -2.03.